The summed E-state index contributed by atoms with van der Waals surface area (Å²) >= 11 is 0. The molecule has 136 valence electrons. The average Bonchev–Trinajstić information content (AvgIpc) is 3.14. The van der Waals surface area contributed by atoms with Crippen LogP contribution in [0.2, 0.25) is 0 Å². The van der Waals surface area contributed by atoms with Crippen molar-refractivity contribution in [2.45, 2.75) is 53.4 Å². The number of aryl methyl sites for hydroxylation is 3. The molecular formula is C24H30N2. The zero-order chi connectivity index (χ0) is 18.5. The monoisotopic (exact) mass is 346 g/mol. The quantitative estimate of drug-likeness (QED) is 0.594. The molecule has 1 aliphatic rings. The van der Waals surface area contributed by atoms with E-state index in [-0.39, 0.29) is 0 Å². The molecule has 0 aliphatic carbocycles. The molecule has 0 spiro atoms. The van der Waals surface area contributed by atoms with Crippen molar-refractivity contribution < 1.29 is 0 Å². The van der Waals surface area contributed by atoms with E-state index in [9.17, 15) is 0 Å². The Morgan fingerprint density at radius 3 is 2.42 bits per heavy atom. The normalized spacial score (nSPS) is 13.9. The molecule has 3 rings (SSSR count). The third-order valence-electron chi connectivity index (χ3n) is 5.65. The first-order chi connectivity index (χ1) is 12.6. The fourth-order valence-corrected chi connectivity index (χ4v) is 3.72. The lowest BCUT2D eigenvalue weighted by atomic mass is 9.93. The van der Waals surface area contributed by atoms with Crippen LogP contribution in [0.15, 0.2) is 52.4 Å². The molecule has 0 saturated heterocycles. The molecule has 2 aromatic rings. The van der Waals surface area contributed by atoms with E-state index in [2.05, 4.69) is 75.2 Å². The summed E-state index contributed by atoms with van der Waals surface area (Å²) in [5.41, 5.74) is 7.50. The van der Waals surface area contributed by atoms with Gasteiger partial charge in [-0.2, -0.15) is 0 Å². The molecule has 0 amide bonds. The highest BCUT2D eigenvalue weighted by molar-refractivity contribution is 6.17. The van der Waals surface area contributed by atoms with E-state index in [4.69, 9.17) is 4.99 Å². The summed E-state index contributed by atoms with van der Waals surface area (Å²) in [6.45, 7) is 9.62. The number of amidine groups is 1. The second-order valence-electron chi connectivity index (χ2n) is 7.38. The van der Waals surface area contributed by atoms with Gasteiger partial charge in [0.2, 0.25) is 0 Å². The molecule has 0 unspecified atom stereocenters. The van der Waals surface area contributed by atoms with Gasteiger partial charge in [-0.05, 0) is 55.4 Å². The number of nitrogens with zero attached hydrogens (tertiary/aromatic N) is 2. The Labute approximate surface area is 158 Å². The van der Waals surface area contributed by atoms with Gasteiger partial charge in [-0.25, -0.2) is 4.99 Å². The molecule has 0 radical (unpaired) electrons. The Balaban J connectivity index is 1.74. The standard InChI is InChI=1S/C24H30N2/c1-5-19(6-2)11-12-20-13-14-21(15-18(20)4)24-25-16-23(26-24)22-10-8-7-9-17(22)3/h7-10,13-15,19H,5-6,11-12,16H2,1-4H3. The van der Waals surface area contributed by atoms with Crippen LogP contribution in [-0.4, -0.2) is 18.1 Å². The highest BCUT2D eigenvalue weighted by Crippen LogP contribution is 2.21. The van der Waals surface area contributed by atoms with Gasteiger partial charge in [0.15, 0.2) is 5.84 Å². The van der Waals surface area contributed by atoms with Gasteiger partial charge in [-0.15, -0.1) is 0 Å². The number of hydrogen-bond acceptors (Lipinski definition) is 2. The number of hydrogen-bond donors (Lipinski definition) is 0. The Kier molecular flexibility index (Phi) is 6.03. The summed E-state index contributed by atoms with van der Waals surface area (Å²) in [5.74, 6) is 1.72. The van der Waals surface area contributed by atoms with E-state index in [0.717, 1.165) is 23.0 Å². The van der Waals surface area contributed by atoms with E-state index in [0.29, 0.717) is 6.54 Å². The Hall–Kier alpha value is -2.22. The molecule has 2 aromatic carbocycles. The first-order valence-corrected chi connectivity index (χ1v) is 9.90. The maximum atomic E-state index is 4.83. The molecule has 0 N–H and O–H groups in total. The predicted molar refractivity (Wildman–Crippen MR) is 113 cm³/mol. The van der Waals surface area contributed by atoms with Crippen LogP contribution >= 0.6 is 0 Å². The Morgan fingerprint density at radius 2 is 1.73 bits per heavy atom. The van der Waals surface area contributed by atoms with E-state index < -0.39 is 0 Å². The zero-order valence-electron chi connectivity index (χ0n) is 16.5. The first-order valence-electron chi connectivity index (χ1n) is 9.90. The van der Waals surface area contributed by atoms with E-state index >= 15 is 0 Å². The number of benzene rings is 2. The van der Waals surface area contributed by atoms with Crippen molar-refractivity contribution >= 4 is 11.5 Å². The fourth-order valence-electron chi connectivity index (χ4n) is 3.72. The predicted octanol–water partition coefficient (Wildman–Crippen LogP) is 5.92. The van der Waals surface area contributed by atoms with Gasteiger partial charge in [0.05, 0.1) is 12.3 Å². The highest BCUT2D eigenvalue weighted by Gasteiger charge is 2.16. The minimum absolute atomic E-state index is 0.676. The molecule has 1 heterocycles. The molecule has 2 nitrogen and oxygen atoms in total. The van der Waals surface area contributed by atoms with E-state index in [1.54, 1.807) is 0 Å². The fraction of sp³-hybridized carbons (Fsp3) is 0.417. The molecular weight excluding hydrogens is 316 g/mol. The molecule has 26 heavy (non-hydrogen) atoms. The summed E-state index contributed by atoms with van der Waals surface area (Å²) in [5, 5.41) is 0. The Morgan fingerprint density at radius 1 is 0.962 bits per heavy atom. The van der Waals surface area contributed by atoms with Crippen molar-refractivity contribution in [3.05, 3.63) is 70.3 Å². The van der Waals surface area contributed by atoms with Crippen LogP contribution in [0, 0.1) is 19.8 Å². The molecule has 1 aliphatic heterocycles. The maximum Gasteiger partial charge on any atom is 0.155 e. The number of aliphatic imine (C=N–C) groups is 2. The van der Waals surface area contributed by atoms with Crippen molar-refractivity contribution in [1.82, 2.24) is 0 Å². The van der Waals surface area contributed by atoms with Crippen LogP contribution in [0.5, 0.6) is 0 Å². The molecule has 0 atom stereocenters. The third kappa shape index (κ3) is 4.12. The van der Waals surface area contributed by atoms with Crippen molar-refractivity contribution in [1.29, 1.82) is 0 Å². The molecule has 2 heteroatoms. The molecule has 0 saturated carbocycles. The van der Waals surface area contributed by atoms with E-state index in [1.807, 2.05) is 0 Å². The molecule has 0 aromatic heterocycles. The summed E-state index contributed by atoms with van der Waals surface area (Å²) < 4.78 is 0. The van der Waals surface area contributed by atoms with Crippen molar-refractivity contribution in [2.75, 3.05) is 6.54 Å². The maximum absolute atomic E-state index is 4.83. The van der Waals surface area contributed by atoms with Gasteiger partial charge in [-0.1, -0.05) is 63.1 Å². The van der Waals surface area contributed by atoms with E-state index in [1.165, 1.54) is 47.9 Å². The SMILES string of the molecule is CCC(CC)CCc1ccc(C2=NCC(c3ccccc3C)=N2)cc1C. The zero-order valence-corrected chi connectivity index (χ0v) is 16.5. The van der Waals surface area contributed by atoms with Gasteiger partial charge in [0.25, 0.3) is 0 Å². The van der Waals surface area contributed by atoms with Crippen LogP contribution in [0.1, 0.15) is 60.9 Å². The van der Waals surface area contributed by atoms with Gasteiger partial charge < -0.3 is 0 Å². The lowest BCUT2D eigenvalue weighted by Crippen LogP contribution is -2.04. The summed E-state index contributed by atoms with van der Waals surface area (Å²) in [7, 11) is 0. The van der Waals surface area contributed by atoms with Crippen LogP contribution < -0.4 is 0 Å². The third-order valence-corrected chi connectivity index (χ3v) is 5.65. The van der Waals surface area contributed by atoms with Gasteiger partial charge in [0.1, 0.15) is 0 Å². The van der Waals surface area contributed by atoms with Crippen LogP contribution in [0.25, 0.3) is 0 Å². The van der Waals surface area contributed by atoms with Crippen molar-refractivity contribution in [3.63, 3.8) is 0 Å². The minimum Gasteiger partial charge on any atom is -0.260 e. The lowest BCUT2D eigenvalue weighted by molar-refractivity contribution is 0.456. The van der Waals surface area contributed by atoms with Crippen LogP contribution in [0.4, 0.5) is 0 Å². The second kappa shape index (κ2) is 8.44. The van der Waals surface area contributed by atoms with Crippen molar-refractivity contribution in [2.24, 2.45) is 15.9 Å². The first kappa shape index (κ1) is 18.6. The molecule has 0 fully saturated rings. The summed E-state index contributed by atoms with van der Waals surface area (Å²) in [6.07, 6.45) is 5.01. The van der Waals surface area contributed by atoms with Crippen molar-refractivity contribution in [3.8, 4) is 0 Å². The molecule has 0 bridgehead atoms. The highest BCUT2D eigenvalue weighted by atomic mass is 15.0. The average molecular weight is 347 g/mol. The van der Waals surface area contributed by atoms with Crippen LogP contribution in [-0.2, 0) is 6.42 Å². The largest absolute Gasteiger partial charge is 0.260 e. The van der Waals surface area contributed by atoms with Crippen LogP contribution in [0.3, 0.4) is 0 Å². The van der Waals surface area contributed by atoms with Gasteiger partial charge >= 0.3 is 0 Å². The van der Waals surface area contributed by atoms with Gasteiger partial charge in [0, 0.05) is 11.1 Å². The summed E-state index contributed by atoms with van der Waals surface area (Å²) in [6, 6.07) is 15.1. The summed E-state index contributed by atoms with van der Waals surface area (Å²) in [4.78, 5) is 9.52. The second-order valence-corrected chi connectivity index (χ2v) is 7.38. The lowest BCUT2D eigenvalue weighted by Gasteiger charge is -2.13. The Bertz CT molecular complexity index is 826. The van der Waals surface area contributed by atoms with Gasteiger partial charge in [-0.3, -0.25) is 4.99 Å². The smallest absolute Gasteiger partial charge is 0.155 e. The number of rotatable bonds is 7. The minimum atomic E-state index is 0.676. The topological polar surface area (TPSA) is 24.7 Å².